The van der Waals surface area contributed by atoms with E-state index in [9.17, 15) is 4.79 Å². The molecule has 1 N–H and O–H groups in total. The lowest BCUT2D eigenvalue weighted by Crippen LogP contribution is -2.23. The molecule has 136 valence electrons. The predicted molar refractivity (Wildman–Crippen MR) is 104 cm³/mol. The van der Waals surface area contributed by atoms with E-state index in [1.165, 1.54) is 0 Å². The van der Waals surface area contributed by atoms with Gasteiger partial charge in [0.25, 0.3) is 0 Å². The first-order chi connectivity index (χ1) is 12.5. The predicted octanol–water partition coefficient (Wildman–Crippen LogP) is 4.31. The van der Waals surface area contributed by atoms with Crippen LogP contribution in [0.5, 0.6) is 11.5 Å². The van der Waals surface area contributed by atoms with Gasteiger partial charge in [0.1, 0.15) is 0 Å². The molecule has 26 heavy (non-hydrogen) atoms. The monoisotopic (exact) mass is 391 g/mol. The van der Waals surface area contributed by atoms with Crippen molar-refractivity contribution in [2.45, 2.75) is 12.8 Å². The average molecular weight is 392 g/mol. The van der Waals surface area contributed by atoms with Crippen molar-refractivity contribution in [3.05, 3.63) is 63.1 Å². The number of ketones is 1. The van der Waals surface area contributed by atoms with Gasteiger partial charge in [-0.3, -0.25) is 4.79 Å². The highest BCUT2D eigenvalue weighted by atomic mass is 35.5. The van der Waals surface area contributed by atoms with Crippen LogP contribution in [0.1, 0.15) is 16.7 Å². The topological polar surface area (TPSA) is 47.6 Å². The quantitative estimate of drug-likeness (QED) is 0.771. The molecule has 1 aliphatic rings. The van der Waals surface area contributed by atoms with Crippen LogP contribution in [0.15, 0.2) is 36.4 Å². The van der Waals surface area contributed by atoms with E-state index >= 15 is 0 Å². The van der Waals surface area contributed by atoms with Crippen molar-refractivity contribution in [1.82, 2.24) is 5.32 Å². The summed E-state index contributed by atoms with van der Waals surface area (Å²) in [5, 5.41) is 4.27. The minimum Gasteiger partial charge on any atom is -0.493 e. The summed E-state index contributed by atoms with van der Waals surface area (Å²) in [7, 11) is 3.20. The standard InChI is InChI=1S/C20H19Cl2NO3/c1-25-19-8-12-6-7-23-18(14(12)11-20(19)26-2)10-13(24)9-15-16(21)4-3-5-17(15)22/h3-5,8,10-11,23H,6-7,9H2,1-2H3/b18-10-. The minimum atomic E-state index is -0.0786. The maximum absolute atomic E-state index is 12.6. The number of carbonyl (C=O) groups excluding carboxylic acids is 1. The fourth-order valence-corrected chi connectivity index (χ4v) is 3.55. The van der Waals surface area contributed by atoms with Gasteiger partial charge >= 0.3 is 0 Å². The maximum Gasteiger partial charge on any atom is 0.162 e. The SMILES string of the molecule is COc1cc2c(cc1OC)/C(=C/C(=O)Cc1c(Cl)cccc1Cl)NCC2. The average Bonchev–Trinajstić information content (AvgIpc) is 2.64. The van der Waals surface area contributed by atoms with Crippen molar-refractivity contribution in [1.29, 1.82) is 0 Å². The maximum atomic E-state index is 12.6. The van der Waals surface area contributed by atoms with Crippen LogP contribution in [0, 0.1) is 0 Å². The lowest BCUT2D eigenvalue weighted by molar-refractivity contribution is -0.114. The Labute approximate surface area is 162 Å². The summed E-state index contributed by atoms with van der Waals surface area (Å²) in [6.45, 7) is 0.744. The zero-order valence-corrected chi connectivity index (χ0v) is 16.1. The second-order valence-corrected chi connectivity index (χ2v) is 6.76. The summed E-state index contributed by atoms with van der Waals surface area (Å²) in [6, 6.07) is 9.07. The number of methoxy groups -OCH3 is 2. The summed E-state index contributed by atoms with van der Waals surface area (Å²) in [4.78, 5) is 12.6. The molecule has 1 heterocycles. The van der Waals surface area contributed by atoms with Crippen LogP contribution < -0.4 is 14.8 Å². The first-order valence-electron chi connectivity index (χ1n) is 8.20. The molecule has 4 nitrogen and oxygen atoms in total. The van der Waals surface area contributed by atoms with E-state index < -0.39 is 0 Å². The van der Waals surface area contributed by atoms with Crippen molar-refractivity contribution < 1.29 is 14.3 Å². The summed E-state index contributed by atoms with van der Waals surface area (Å²) < 4.78 is 10.7. The van der Waals surface area contributed by atoms with Crippen LogP contribution in [0.2, 0.25) is 10.0 Å². The number of ether oxygens (including phenoxy) is 2. The summed E-state index contributed by atoms with van der Waals surface area (Å²) >= 11 is 12.3. The van der Waals surface area contributed by atoms with Crippen LogP contribution in [-0.4, -0.2) is 26.5 Å². The van der Waals surface area contributed by atoms with Gasteiger partial charge in [-0.1, -0.05) is 29.3 Å². The van der Waals surface area contributed by atoms with E-state index in [-0.39, 0.29) is 12.2 Å². The van der Waals surface area contributed by atoms with Crippen molar-refractivity contribution in [2.75, 3.05) is 20.8 Å². The third-order valence-corrected chi connectivity index (χ3v) is 5.04. The largest absolute Gasteiger partial charge is 0.493 e. The lowest BCUT2D eigenvalue weighted by atomic mass is 9.95. The van der Waals surface area contributed by atoms with E-state index in [1.807, 2.05) is 12.1 Å². The Morgan fingerprint density at radius 3 is 2.46 bits per heavy atom. The van der Waals surface area contributed by atoms with Crippen molar-refractivity contribution >= 4 is 34.7 Å². The Morgan fingerprint density at radius 1 is 1.15 bits per heavy atom. The molecule has 0 atom stereocenters. The second kappa shape index (κ2) is 8.02. The Balaban J connectivity index is 1.92. The number of fused-ring (bicyclic) bond motifs is 1. The smallest absolute Gasteiger partial charge is 0.162 e. The van der Waals surface area contributed by atoms with Gasteiger partial charge in [-0.2, -0.15) is 0 Å². The van der Waals surface area contributed by atoms with Crippen LogP contribution in [0.4, 0.5) is 0 Å². The van der Waals surface area contributed by atoms with Crippen molar-refractivity contribution in [3.63, 3.8) is 0 Å². The van der Waals surface area contributed by atoms with E-state index in [0.717, 1.165) is 29.8 Å². The molecular formula is C20H19Cl2NO3. The molecule has 2 aromatic rings. The molecule has 3 rings (SSSR count). The van der Waals surface area contributed by atoms with Crippen molar-refractivity contribution in [3.8, 4) is 11.5 Å². The minimum absolute atomic E-state index is 0.0786. The summed E-state index contributed by atoms with van der Waals surface area (Å²) in [5.74, 6) is 1.23. The first-order valence-corrected chi connectivity index (χ1v) is 8.95. The highest BCUT2D eigenvalue weighted by Gasteiger charge is 2.19. The van der Waals surface area contributed by atoms with Crippen LogP contribution >= 0.6 is 23.2 Å². The third-order valence-electron chi connectivity index (χ3n) is 4.33. The molecular weight excluding hydrogens is 373 g/mol. The highest BCUT2D eigenvalue weighted by molar-refractivity contribution is 6.36. The number of nitrogens with one attached hydrogen (secondary N) is 1. The van der Waals surface area contributed by atoms with Gasteiger partial charge in [0, 0.05) is 40.3 Å². The molecule has 0 radical (unpaired) electrons. The molecule has 2 aromatic carbocycles. The van der Waals surface area contributed by atoms with Gasteiger partial charge in [-0.25, -0.2) is 0 Å². The van der Waals surface area contributed by atoms with E-state index in [1.54, 1.807) is 38.5 Å². The van der Waals surface area contributed by atoms with Crippen LogP contribution in [-0.2, 0) is 17.6 Å². The van der Waals surface area contributed by atoms with Gasteiger partial charge in [-0.05, 0) is 41.8 Å². The number of halogens is 2. The van der Waals surface area contributed by atoms with Gasteiger partial charge < -0.3 is 14.8 Å². The molecule has 0 saturated heterocycles. The molecule has 0 amide bonds. The molecule has 0 aromatic heterocycles. The summed E-state index contributed by atoms with van der Waals surface area (Å²) in [5.41, 5.74) is 3.45. The summed E-state index contributed by atoms with van der Waals surface area (Å²) in [6.07, 6.45) is 2.59. The molecule has 0 aliphatic carbocycles. The van der Waals surface area contributed by atoms with Crippen LogP contribution in [0.3, 0.4) is 0 Å². The van der Waals surface area contributed by atoms with Crippen LogP contribution in [0.25, 0.3) is 5.70 Å². The van der Waals surface area contributed by atoms with E-state index in [0.29, 0.717) is 27.1 Å². The number of benzene rings is 2. The first kappa shape index (κ1) is 18.6. The lowest BCUT2D eigenvalue weighted by Gasteiger charge is -2.23. The van der Waals surface area contributed by atoms with Gasteiger partial charge in [0.2, 0.25) is 0 Å². The van der Waals surface area contributed by atoms with Gasteiger partial charge in [0.15, 0.2) is 17.3 Å². The fourth-order valence-electron chi connectivity index (χ4n) is 3.02. The molecule has 0 unspecified atom stereocenters. The normalized spacial score (nSPS) is 14.5. The zero-order valence-electron chi connectivity index (χ0n) is 14.6. The number of hydrogen-bond donors (Lipinski definition) is 1. The van der Waals surface area contributed by atoms with E-state index in [2.05, 4.69) is 5.32 Å². The number of allylic oxidation sites excluding steroid dienone is 1. The highest BCUT2D eigenvalue weighted by Crippen LogP contribution is 2.35. The molecule has 0 fully saturated rings. The Hall–Kier alpha value is -2.17. The Bertz CT molecular complexity index is 857. The Morgan fingerprint density at radius 2 is 1.81 bits per heavy atom. The van der Waals surface area contributed by atoms with E-state index in [4.69, 9.17) is 32.7 Å². The molecule has 0 saturated carbocycles. The number of rotatable bonds is 5. The van der Waals surface area contributed by atoms with Crippen molar-refractivity contribution in [2.24, 2.45) is 0 Å². The molecule has 1 aliphatic heterocycles. The third kappa shape index (κ3) is 3.81. The second-order valence-electron chi connectivity index (χ2n) is 5.94. The van der Waals surface area contributed by atoms with Gasteiger partial charge in [-0.15, -0.1) is 0 Å². The number of carbonyl (C=O) groups is 1. The zero-order chi connectivity index (χ0) is 18.7. The fraction of sp³-hybridized carbons (Fsp3) is 0.250. The molecule has 0 spiro atoms. The molecule has 0 bridgehead atoms. The molecule has 6 heteroatoms. The van der Waals surface area contributed by atoms with Gasteiger partial charge in [0.05, 0.1) is 14.2 Å². The number of hydrogen-bond acceptors (Lipinski definition) is 4. The Kier molecular flexibility index (Phi) is 5.74.